The Morgan fingerprint density at radius 2 is 2.33 bits per heavy atom. The molecule has 6 heteroatoms. The largest absolute Gasteiger partial charge is 0.448 e. The maximum Gasteiger partial charge on any atom is 0.273 e. The highest BCUT2D eigenvalue weighted by Crippen LogP contribution is 2.30. The lowest BCUT2D eigenvalue weighted by atomic mass is 9.99. The summed E-state index contributed by atoms with van der Waals surface area (Å²) in [7, 11) is 0. The monoisotopic (exact) mass is 347 g/mol. The summed E-state index contributed by atoms with van der Waals surface area (Å²) in [6.45, 7) is 6.48. The Bertz CT molecular complexity index is 729. The van der Waals surface area contributed by atoms with Gasteiger partial charge >= 0.3 is 0 Å². The van der Waals surface area contributed by atoms with Gasteiger partial charge in [-0.1, -0.05) is 24.6 Å². The zero-order chi connectivity index (χ0) is 17.1. The molecule has 0 aliphatic carbocycles. The van der Waals surface area contributed by atoms with E-state index in [-0.39, 0.29) is 5.91 Å². The lowest BCUT2D eigenvalue weighted by Crippen LogP contribution is -2.34. The minimum atomic E-state index is -0.244. The van der Waals surface area contributed by atoms with Gasteiger partial charge in [-0.25, -0.2) is 4.98 Å². The number of hydrogen-bond acceptors (Lipinski definition) is 4. The number of hydrogen-bond donors (Lipinski definition) is 1. The summed E-state index contributed by atoms with van der Waals surface area (Å²) in [6, 6.07) is 5.98. The average molecular weight is 348 g/mol. The molecule has 1 aromatic heterocycles. The first-order valence-electron chi connectivity index (χ1n) is 8.26. The number of aromatic nitrogens is 1. The van der Waals surface area contributed by atoms with E-state index >= 15 is 0 Å². The van der Waals surface area contributed by atoms with Crippen LogP contribution in [0, 0.1) is 12.8 Å². The molecular weight excluding hydrogens is 326 g/mol. The van der Waals surface area contributed by atoms with Crippen molar-refractivity contribution in [1.82, 2.24) is 10.3 Å². The zero-order valence-electron chi connectivity index (χ0n) is 14.0. The Morgan fingerprint density at radius 1 is 1.50 bits per heavy atom. The van der Waals surface area contributed by atoms with Crippen LogP contribution in [0.25, 0.3) is 0 Å². The molecule has 1 saturated heterocycles. The van der Waals surface area contributed by atoms with Crippen molar-refractivity contribution in [3.63, 3.8) is 0 Å². The number of anilines is 1. The number of benzene rings is 1. The van der Waals surface area contributed by atoms with Crippen LogP contribution in [0.3, 0.4) is 0 Å². The van der Waals surface area contributed by atoms with Crippen LogP contribution in [0.4, 0.5) is 5.69 Å². The minimum absolute atomic E-state index is 0.244. The summed E-state index contributed by atoms with van der Waals surface area (Å²) >= 11 is 6.47. The first-order valence-corrected chi connectivity index (χ1v) is 8.64. The van der Waals surface area contributed by atoms with Crippen molar-refractivity contribution in [3.05, 3.63) is 46.6 Å². The third-order valence-electron chi connectivity index (χ3n) is 4.42. The van der Waals surface area contributed by atoms with Gasteiger partial charge in [-0.2, -0.15) is 0 Å². The Labute approximate surface area is 147 Å². The van der Waals surface area contributed by atoms with Crippen LogP contribution >= 0.6 is 11.6 Å². The van der Waals surface area contributed by atoms with E-state index in [0.717, 1.165) is 29.4 Å². The van der Waals surface area contributed by atoms with Crippen molar-refractivity contribution in [1.29, 1.82) is 0 Å². The number of nitrogens with zero attached hydrogens (tertiary/aromatic N) is 2. The molecule has 128 valence electrons. The molecule has 2 aromatic rings. The highest BCUT2D eigenvalue weighted by molar-refractivity contribution is 6.33. The van der Waals surface area contributed by atoms with Gasteiger partial charge in [-0.3, -0.25) is 4.79 Å². The first kappa shape index (κ1) is 16.8. The van der Waals surface area contributed by atoms with Crippen molar-refractivity contribution in [2.24, 2.45) is 5.92 Å². The summed E-state index contributed by atoms with van der Waals surface area (Å²) in [4.78, 5) is 18.3. The summed E-state index contributed by atoms with van der Waals surface area (Å²) in [6.07, 6.45) is 3.75. The topological polar surface area (TPSA) is 58.4 Å². The molecular formula is C18H22ClN3O2. The Balaban J connectivity index is 1.64. The minimum Gasteiger partial charge on any atom is -0.448 e. The normalized spacial score (nSPS) is 17.8. The van der Waals surface area contributed by atoms with E-state index in [9.17, 15) is 4.79 Å². The number of amides is 1. The lowest BCUT2D eigenvalue weighted by molar-refractivity contribution is 0.0945. The number of halogens is 1. The number of oxazole rings is 1. The Morgan fingerprint density at radius 3 is 3.00 bits per heavy atom. The SMILES string of the molecule is Cc1ocnc1C(=O)NCc1ccc(N2CCCC(C)C2)c(Cl)c1. The molecule has 1 amide bonds. The molecule has 1 unspecified atom stereocenters. The summed E-state index contributed by atoms with van der Waals surface area (Å²) in [5.41, 5.74) is 2.36. The molecule has 1 N–H and O–H groups in total. The maximum atomic E-state index is 12.1. The maximum absolute atomic E-state index is 12.1. The fourth-order valence-electron chi connectivity index (χ4n) is 3.11. The molecule has 1 aliphatic rings. The molecule has 1 aliphatic heterocycles. The van der Waals surface area contributed by atoms with Gasteiger partial charge in [0.25, 0.3) is 5.91 Å². The van der Waals surface area contributed by atoms with Crippen molar-refractivity contribution >= 4 is 23.2 Å². The van der Waals surface area contributed by atoms with E-state index in [1.807, 2.05) is 18.2 Å². The third-order valence-corrected chi connectivity index (χ3v) is 4.73. The number of nitrogens with one attached hydrogen (secondary N) is 1. The molecule has 0 spiro atoms. The molecule has 0 saturated carbocycles. The van der Waals surface area contributed by atoms with Crippen LogP contribution in [-0.2, 0) is 6.54 Å². The second-order valence-corrected chi connectivity index (χ2v) is 6.83. The molecule has 1 aromatic carbocycles. The fourth-order valence-corrected chi connectivity index (χ4v) is 3.44. The fraction of sp³-hybridized carbons (Fsp3) is 0.444. The van der Waals surface area contributed by atoms with Gasteiger partial charge in [-0.05, 0) is 43.4 Å². The van der Waals surface area contributed by atoms with Crippen LogP contribution < -0.4 is 10.2 Å². The van der Waals surface area contributed by atoms with Gasteiger partial charge in [0.2, 0.25) is 0 Å². The van der Waals surface area contributed by atoms with Gasteiger partial charge < -0.3 is 14.6 Å². The van der Waals surface area contributed by atoms with Gasteiger partial charge in [0, 0.05) is 19.6 Å². The average Bonchev–Trinajstić information content (AvgIpc) is 2.99. The number of rotatable bonds is 4. The van der Waals surface area contributed by atoms with Crippen molar-refractivity contribution < 1.29 is 9.21 Å². The quantitative estimate of drug-likeness (QED) is 0.913. The van der Waals surface area contributed by atoms with E-state index in [1.165, 1.54) is 19.2 Å². The lowest BCUT2D eigenvalue weighted by Gasteiger charge is -2.33. The Kier molecular flexibility index (Phi) is 5.09. The van der Waals surface area contributed by atoms with Crippen LogP contribution in [0.15, 0.2) is 29.0 Å². The predicted molar refractivity (Wildman–Crippen MR) is 94.5 cm³/mol. The molecule has 2 heterocycles. The van der Waals surface area contributed by atoms with E-state index < -0.39 is 0 Å². The summed E-state index contributed by atoms with van der Waals surface area (Å²) in [5.74, 6) is 0.964. The van der Waals surface area contributed by atoms with Gasteiger partial charge in [0.05, 0.1) is 10.7 Å². The molecule has 0 radical (unpaired) electrons. The van der Waals surface area contributed by atoms with Crippen LogP contribution in [0.1, 0.15) is 41.6 Å². The second kappa shape index (κ2) is 7.26. The number of aryl methyl sites for hydroxylation is 1. The standard InChI is InChI=1S/C18H22ClN3O2/c1-12-4-3-7-22(10-12)16-6-5-14(8-15(16)19)9-20-18(23)17-13(2)24-11-21-17/h5-6,8,11-12H,3-4,7,9-10H2,1-2H3,(H,20,23). The Hall–Kier alpha value is -2.01. The molecule has 24 heavy (non-hydrogen) atoms. The third kappa shape index (κ3) is 3.73. The van der Waals surface area contributed by atoms with Crippen molar-refractivity contribution in [2.45, 2.75) is 33.2 Å². The molecule has 5 nitrogen and oxygen atoms in total. The summed E-state index contributed by atoms with van der Waals surface area (Å²) < 4.78 is 5.05. The van der Waals surface area contributed by atoms with Crippen LogP contribution in [-0.4, -0.2) is 24.0 Å². The number of carbonyl (C=O) groups is 1. The molecule has 1 atom stereocenters. The highest BCUT2D eigenvalue weighted by Gasteiger charge is 2.19. The van der Waals surface area contributed by atoms with E-state index in [2.05, 4.69) is 22.1 Å². The predicted octanol–water partition coefficient (Wildman–Crippen LogP) is 3.80. The van der Waals surface area contributed by atoms with Crippen molar-refractivity contribution in [3.8, 4) is 0 Å². The zero-order valence-corrected chi connectivity index (χ0v) is 14.8. The van der Waals surface area contributed by atoms with E-state index in [0.29, 0.717) is 23.9 Å². The second-order valence-electron chi connectivity index (χ2n) is 6.42. The van der Waals surface area contributed by atoms with Crippen LogP contribution in [0.5, 0.6) is 0 Å². The number of carbonyl (C=O) groups excluding carboxylic acids is 1. The summed E-state index contributed by atoms with van der Waals surface area (Å²) in [5, 5.41) is 3.57. The smallest absolute Gasteiger partial charge is 0.273 e. The molecule has 1 fully saturated rings. The highest BCUT2D eigenvalue weighted by atomic mass is 35.5. The van der Waals surface area contributed by atoms with E-state index in [1.54, 1.807) is 6.92 Å². The van der Waals surface area contributed by atoms with Crippen LogP contribution in [0.2, 0.25) is 5.02 Å². The first-order chi connectivity index (χ1) is 11.5. The van der Waals surface area contributed by atoms with E-state index in [4.69, 9.17) is 16.0 Å². The van der Waals surface area contributed by atoms with Gasteiger partial charge in [0.15, 0.2) is 12.1 Å². The molecule has 0 bridgehead atoms. The van der Waals surface area contributed by atoms with Gasteiger partial charge in [0.1, 0.15) is 5.76 Å². The molecule has 3 rings (SSSR count). The van der Waals surface area contributed by atoms with Gasteiger partial charge in [-0.15, -0.1) is 0 Å². The van der Waals surface area contributed by atoms with Crippen molar-refractivity contribution in [2.75, 3.05) is 18.0 Å². The number of piperidine rings is 1.